The molecule has 1 aromatic carbocycles. The van der Waals surface area contributed by atoms with Crippen molar-refractivity contribution < 1.29 is 14.6 Å². The molecule has 9 heteroatoms. The van der Waals surface area contributed by atoms with Crippen LogP contribution >= 0.6 is 23.1 Å². The molecule has 3 aromatic rings. The van der Waals surface area contributed by atoms with E-state index in [1.54, 1.807) is 13.8 Å². The summed E-state index contributed by atoms with van der Waals surface area (Å²) in [5.74, 6) is 0.665. The first-order valence-corrected chi connectivity index (χ1v) is 13.1. The molecule has 0 amide bonds. The van der Waals surface area contributed by atoms with Gasteiger partial charge < -0.3 is 14.7 Å². The van der Waals surface area contributed by atoms with Gasteiger partial charge in [-0.3, -0.25) is 4.79 Å². The summed E-state index contributed by atoms with van der Waals surface area (Å²) < 4.78 is 5.81. The molecule has 0 saturated carbocycles. The van der Waals surface area contributed by atoms with E-state index in [9.17, 15) is 9.90 Å². The Labute approximate surface area is 209 Å². The van der Waals surface area contributed by atoms with Crippen LogP contribution in [0.25, 0.3) is 0 Å². The Hall–Kier alpha value is -2.65. The number of aryl methyl sites for hydroxylation is 2. The van der Waals surface area contributed by atoms with Crippen LogP contribution in [0.1, 0.15) is 44.5 Å². The number of ether oxygens (including phenoxy) is 1. The predicted molar refractivity (Wildman–Crippen MR) is 138 cm³/mol. The van der Waals surface area contributed by atoms with Crippen molar-refractivity contribution in [1.82, 2.24) is 15.0 Å². The van der Waals surface area contributed by atoms with Crippen molar-refractivity contribution in [2.24, 2.45) is 0 Å². The number of aromatic nitrogens is 3. The van der Waals surface area contributed by atoms with Crippen LogP contribution in [0.5, 0.6) is 5.75 Å². The van der Waals surface area contributed by atoms with Gasteiger partial charge in [-0.15, -0.1) is 11.3 Å². The maximum absolute atomic E-state index is 11.4. The van der Waals surface area contributed by atoms with Crippen LogP contribution in [0.15, 0.2) is 46.4 Å². The van der Waals surface area contributed by atoms with E-state index in [0.29, 0.717) is 32.1 Å². The van der Waals surface area contributed by atoms with Crippen molar-refractivity contribution >= 4 is 35.0 Å². The second kappa shape index (κ2) is 12.2. The molecule has 0 aliphatic rings. The van der Waals surface area contributed by atoms with E-state index in [-0.39, 0.29) is 0 Å². The lowest BCUT2D eigenvalue weighted by Gasteiger charge is -2.22. The fraction of sp³-hybridized carbons (Fsp3) is 0.440. The highest BCUT2D eigenvalue weighted by Crippen LogP contribution is 2.34. The molecule has 0 aliphatic heterocycles. The molecule has 0 unspecified atom stereocenters. The number of carboxylic acid groups (broad SMARTS) is 1. The van der Waals surface area contributed by atoms with E-state index in [2.05, 4.69) is 45.8 Å². The zero-order chi connectivity index (χ0) is 24.6. The van der Waals surface area contributed by atoms with Gasteiger partial charge in [0.2, 0.25) is 5.95 Å². The number of benzene rings is 1. The van der Waals surface area contributed by atoms with E-state index in [1.807, 2.05) is 29.9 Å². The lowest BCUT2D eigenvalue weighted by atomic mass is 10.2. The summed E-state index contributed by atoms with van der Waals surface area (Å²) in [6.07, 6.45) is 6.33. The number of anilines is 1. The molecule has 7 nitrogen and oxygen atoms in total. The fourth-order valence-electron chi connectivity index (χ4n) is 3.06. The van der Waals surface area contributed by atoms with E-state index in [4.69, 9.17) is 4.74 Å². The molecule has 2 heterocycles. The van der Waals surface area contributed by atoms with Gasteiger partial charge in [-0.2, -0.15) is 0 Å². The Morgan fingerprint density at radius 2 is 1.76 bits per heavy atom. The molecule has 3 rings (SSSR count). The Bertz CT molecular complexity index is 1050. The van der Waals surface area contributed by atoms with E-state index in [0.717, 1.165) is 34.2 Å². The van der Waals surface area contributed by atoms with Crippen molar-refractivity contribution in [2.45, 2.75) is 56.0 Å². The highest BCUT2D eigenvalue weighted by molar-refractivity contribution is 8.02. The molecule has 0 aliphatic carbocycles. The van der Waals surface area contributed by atoms with Crippen molar-refractivity contribution in [2.75, 3.05) is 24.6 Å². The normalized spacial score (nSPS) is 11.4. The maximum atomic E-state index is 11.4. The first kappa shape index (κ1) is 26.0. The summed E-state index contributed by atoms with van der Waals surface area (Å²) in [4.78, 5) is 27.3. The molecular formula is C25H32N4O3S2. The number of hydrogen-bond donors (Lipinski definition) is 1. The third-order valence-electron chi connectivity index (χ3n) is 5.37. The predicted octanol–water partition coefficient (Wildman–Crippen LogP) is 5.14. The summed E-state index contributed by atoms with van der Waals surface area (Å²) in [6.45, 7) is 9.42. The highest BCUT2D eigenvalue weighted by Gasteiger charge is 2.29. The first-order valence-electron chi connectivity index (χ1n) is 11.4. The number of carboxylic acids is 1. The zero-order valence-corrected chi connectivity index (χ0v) is 21.8. The van der Waals surface area contributed by atoms with Gasteiger partial charge in [-0.25, -0.2) is 15.0 Å². The minimum absolute atomic E-state index is 0.509. The fourth-order valence-corrected chi connectivity index (χ4v) is 5.29. The quantitative estimate of drug-likeness (QED) is 0.323. The SMILES string of the molecule is CCc1ccc(OCCN(CCc2csc(SC(C)(C)C(=O)O)n2)c2ncc(CC)cn2)cc1. The van der Waals surface area contributed by atoms with Crippen LogP contribution in [-0.4, -0.2) is 50.5 Å². The third-order valence-corrected chi connectivity index (χ3v) is 7.54. The molecule has 0 atom stereocenters. The largest absolute Gasteiger partial charge is 0.492 e. The molecule has 0 saturated heterocycles. The molecular weight excluding hydrogens is 468 g/mol. The molecule has 34 heavy (non-hydrogen) atoms. The van der Waals surface area contributed by atoms with Gasteiger partial charge in [-0.1, -0.05) is 37.7 Å². The molecule has 0 spiro atoms. The summed E-state index contributed by atoms with van der Waals surface area (Å²) in [7, 11) is 0. The van der Waals surface area contributed by atoms with Gasteiger partial charge >= 0.3 is 5.97 Å². The Kier molecular flexibility index (Phi) is 9.29. The molecule has 182 valence electrons. The van der Waals surface area contributed by atoms with Crippen molar-refractivity contribution in [3.8, 4) is 5.75 Å². The van der Waals surface area contributed by atoms with E-state index >= 15 is 0 Å². The van der Waals surface area contributed by atoms with Crippen LogP contribution in [0, 0.1) is 0 Å². The van der Waals surface area contributed by atoms with Gasteiger partial charge in [0.15, 0.2) is 4.34 Å². The van der Waals surface area contributed by atoms with Crippen LogP contribution in [0.4, 0.5) is 5.95 Å². The van der Waals surface area contributed by atoms with Crippen LogP contribution in [0.3, 0.4) is 0 Å². The lowest BCUT2D eigenvalue weighted by molar-refractivity contribution is -0.138. The van der Waals surface area contributed by atoms with Crippen LogP contribution in [0.2, 0.25) is 0 Å². The van der Waals surface area contributed by atoms with E-state index < -0.39 is 10.7 Å². The average molecular weight is 501 g/mol. The zero-order valence-electron chi connectivity index (χ0n) is 20.2. The molecule has 1 N–H and O–H groups in total. The van der Waals surface area contributed by atoms with E-state index in [1.165, 1.54) is 28.7 Å². The Morgan fingerprint density at radius 3 is 2.38 bits per heavy atom. The number of rotatable bonds is 13. The minimum atomic E-state index is -0.914. The summed E-state index contributed by atoms with van der Waals surface area (Å²) >= 11 is 2.75. The molecule has 0 fully saturated rings. The third kappa shape index (κ3) is 7.43. The number of thiazole rings is 1. The smallest absolute Gasteiger partial charge is 0.319 e. The number of hydrogen-bond acceptors (Lipinski definition) is 8. The van der Waals surface area contributed by atoms with Crippen molar-refractivity contribution in [3.05, 3.63) is 58.9 Å². The monoisotopic (exact) mass is 500 g/mol. The number of carbonyl (C=O) groups is 1. The molecule has 2 aromatic heterocycles. The topological polar surface area (TPSA) is 88.4 Å². The van der Waals surface area contributed by atoms with Crippen LogP contribution in [-0.2, 0) is 24.1 Å². The average Bonchev–Trinajstić information content (AvgIpc) is 3.28. The Balaban J connectivity index is 1.63. The standard InChI is InChI=1S/C25H32N4O3S2/c1-5-18-7-9-21(10-8-18)32-14-13-29(23-26-15-19(6-2)16-27-23)12-11-20-17-33-24(28-20)34-25(3,4)22(30)31/h7-10,15-17H,5-6,11-14H2,1-4H3,(H,30,31). The second-order valence-electron chi connectivity index (χ2n) is 8.35. The van der Waals surface area contributed by atoms with Crippen molar-refractivity contribution in [3.63, 3.8) is 0 Å². The van der Waals surface area contributed by atoms with Crippen molar-refractivity contribution in [1.29, 1.82) is 0 Å². The number of thioether (sulfide) groups is 1. The number of nitrogens with zero attached hydrogens (tertiary/aromatic N) is 4. The highest BCUT2D eigenvalue weighted by atomic mass is 32.2. The molecule has 0 bridgehead atoms. The molecule has 0 radical (unpaired) electrons. The minimum Gasteiger partial charge on any atom is -0.492 e. The number of aliphatic carboxylic acids is 1. The van der Waals surface area contributed by atoms with Gasteiger partial charge in [0, 0.05) is 30.7 Å². The second-order valence-corrected chi connectivity index (χ2v) is 11.1. The van der Waals surface area contributed by atoms with Gasteiger partial charge in [-0.05, 0) is 49.9 Å². The Morgan fingerprint density at radius 1 is 1.09 bits per heavy atom. The van der Waals surface area contributed by atoms with Gasteiger partial charge in [0.1, 0.15) is 17.1 Å². The summed E-state index contributed by atoms with van der Waals surface area (Å²) in [5, 5.41) is 11.4. The van der Waals surface area contributed by atoms with Gasteiger partial charge in [0.25, 0.3) is 0 Å². The lowest BCUT2D eigenvalue weighted by Crippen LogP contribution is -2.32. The summed E-state index contributed by atoms with van der Waals surface area (Å²) in [5.41, 5.74) is 3.31. The van der Waals surface area contributed by atoms with Gasteiger partial charge in [0.05, 0.1) is 12.2 Å². The summed E-state index contributed by atoms with van der Waals surface area (Å²) in [6, 6.07) is 8.18. The maximum Gasteiger partial charge on any atom is 0.319 e. The first-order chi connectivity index (χ1) is 16.3. The van der Waals surface area contributed by atoms with Crippen LogP contribution < -0.4 is 9.64 Å².